The molecule has 4 aromatic carbocycles. The fourth-order valence-corrected chi connectivity index (χ4v) is 6.76. The van der Waals surface area contributed by atoms with E-state index in [9.17, 15) is 18.0 Å². The zero-order valence-electron chi connectivity index (χ0n) is 25.9. The van der Waals surface area contributed by atoms with Crippen LogP contribution in [0.1, 0.15) is 22.7 Å². The van der Waals surface area contributed by atoms with Crippen molar-refractivity contribution in [2.24, 2.45) is 0 Å². The molecule has 0 aromatic heterocycles. The zero-order chi connectivity index (χ0) is 33.2. The first kappa shape index (κ1) is 33.9. The Kier molecular flexibility index (Phi) is 11.5. The Morgan fingerprint density at radius 1 is 0.894 bits per heavy atom. The van der Waals surface area contributed by atoms with Gasteiger partial charge in [-0.05, 0) is 59.2 Å². The van der Waals surface area contributed by atoms with Crippen LogP contribution in [0.2, 0.25) is 5.02 Å². The molecule has 0 radical (unpaired) electrons. The van der Waals surface area contributed by atoms with Gasteiger partial charge < -0.3 is 24.4 Å². The maximum atomic E-state index is 14.0. The van der Waals surface area contributed by atoms with E-state index in [2.05, 4.69) is 5.32 Å². The van der Waals surface area contributed by atoms with E-state index in [1.165, 1.54) is 33.5 Å². The molecule has 1 fully saturated rings. The molecule has 12 heteroatoms. The second-order valence-corrected chi connectivity index (χ2v) is 13.1. The predicted molar refractivity (Wildman–Crippen MR) is 178 cm³/mol. The quantitative estimate of drug-likeness (QED) is 0.216. The first-order chi connectivity index (χ1) is 22.8. The van der Waals surface area contributed by atoms with Crippen LogP contribution in [0.25, 0.3) is 0 Å². The Labute approximate surface area is 279 Å². The summed E-state index contributed by atoms with van der Waals surface area (Å²) >= 11 is 6.34. The van der Waals surface area contributed by atoms with Gasteiger partial charge in [-0.25, -0.2) is 8.42 Å². The van der Waals surface area contributed by atoms with E-state index in [4.69, 9.17) is 25.8 Å². The fraction of sp³-hybridized carbons (Fsp3) is 0.257. The number of methoxy groups -OCH3 is 1. The minimum Gasteiger partial charge on any atom is -0.497 e. The number of hydrogen-bond acceptors (Lipinski definition) is 7. The zero-order valence-corrected chi connectivity index (χ0v) is 27.5. The van der Waals surface area contributed by atoms with Gasteiger partial charge in [-0.3, -0.25) is 9.59 Å². The molecule has 1 atom stereocenters. The summed E-state index contributed by atoms with van der Waals surface area (Å²) in [7, 11) is -2.11. The van der Waals surface area contributed by atoms with Crippen LogP contribution in [-0.4, -0.2) is 69.5 Å². The van der Waals surface area contributed by atoms with Crippen molar-refractivity contribution in [1.29, 1.82) is 0 Å². The number of sulfonamides is 1. The summed E-state index contributed by atoms with van der Waals surface area (Å²) in [5.41, 5.74) is 2.13. The summed E-state index contributed by atoms with van der Waals surface area (Å²) in [5, 5.41) is 3.47. The van der Waals surface area contributed by atoms with Gasteiger partial charge in [0, 0.05) is 31.2 Å². The van der Waals surface area contributed by atoms with Crippen molar-refractivity contribution in [3.8, 4) is 11.5 Å². The number of nitrogens with one attached hydrogen (secondary N) is 1. The smallest absolute Gasteiger partial charge is 0.261 e. The van der Waals surface area contributed by atoms with Crippen LogP contribution in [0, 0.1) is 0 Å². The third-order valence-electron chi connectivity index (χ3n) is 7.71. The van der Waals surface area contributed by atoms with E-state index in [1.54, 1.807) is 37.4 Å². The van der Waals surface area contributed by atoms with E-state index < -0.39 is 34.5 Å². The standard InChI is InChI=1S/C35H36ClN3O7S/c1-44-29-13-11-26(12-14-29)24-39(34(27-7-3-2-4-8-27)35(41)37-23-28-9-5-6-10-32(28)36)33(40)25-46-30-15-17-31(18-16-30)47(42,43)38-19-21-45-22-20-38/h2-18,34H,19-25H2,1H3,(H,37,41). The summed E-state index contributed by atoms with van der Waals surface area (Å²) in [4.78, 5) is 29.5. The molecular formula is C35H36ClN3O7S. The number of morpholine rings is 1. The molecule has 1 N–H and O–H groups in total. The molecule has 0 bridgehead atoms. The van der Waals surface area contributed by atoms with Crippen molar-refractivity contribution < 1.29 is 32.2 Å². The second-order valence-electron chi connectivity index (χ2n) is 10.8. The molecule has 2 amide bonds. The molecule has 1 saturated heterocycles. The largest absolute Gasteiger partial charge is 0.497 e. The highest BCUT2D eigenvalue weighted by molar-refractivity contribution is 7.89. The van der Waals surface area contributed by atoms with Crippen LogP contribution in [0.4, 0.5) is 0 Å². The van der Waals surface area contributed by atoms with Gasteiger partial charge in [0.05, 0.1) is 25.2 Å². The molecule has 1 heterocycles. The van der Waals surface area contributed by atoms with Crippen LogP contribution in [0.3, 0.4) is 0 Å². The number of carbonyl (C=O) groups excluding carboxylic acids is 2. The highest BCUT2D eigenvalue weighted by Crippen LogP contribution is 2.26. The van der Waals surface area contributed by atoms with Gasteiger partial charge >= 0.3 is 0 Å². The molecule has 0 aliphatic carbocycles. The number of rotatable bonds is 13. The number of nitrogens with zero attached hydrogens (tertiary/aromatic N) is 2. The lowest BCUT2D eigenvalue weighted by Crippen LogP contribution is -2.45. The number of carbonyl (C=O) groups is 2. The normalized spacial score (nSPS) is 14.2. The van der Waals surface area contributed by atoms with Crippen molar-refractivity contribution >= 4 is 33.4 Å². The molecular weight excluding hydrogens is 642 g/mol. The molecule has 10 nitrogen and oxygen atoms in total. The summed E-state index contributed by atoms with van der Waals surface area (Å²) < 4.78 is 43.8. The Morgan fingerprint density at radius 2 is 1.53 bits per heavy atom. The lowest BCUT2D eigenvalue weighted by atomic mass is 10.0. The molecule has 1 aliphatic heterocycles. The van der Waals surface area contributed by atoms with E-state index in [1.807, 2.05) is 48.5 Å². The first-order valence-corrected chi connectivity index (χ1v) is 16.9. The minimum absolute atomic E-state index is 0.0992. The summed E-state index contributed by atoms with van der Waals surface area (Å²) in [6.45, 7) is 1.13. The van der Waals surface area contributed by atoms with E-state index in [0.29, 0.717) is 35.3 Å². The van der Waals surface area contributed by atoms with E-state index >= 15 is 0 Å². The van der Waals surface area contributed by atoms with Crippen molar-refractivity contribution in [2.75, 3.05) is 40.0 Å². The van der Waals surface area contributed by atoms with Gasteiger partial charge in [-0.2, -0.15) is 4.31 Å². The average molecular weight is 678 g/mol. The van der Waals surface area contributed by atoms with Gasteiger partial charge in [-0.15, -0.1) is 0 Å². The third-order valence-corrected chi connectivity index (χ3v) is 9.99. The summed E-state index contributed by atoms with van der Waals surface area (Å²) in [6, 6.07) is 28.4. The number of ether oxygens (including phenoxy) is 3. The number of benzene rings is 4. The maximum Gasteiger partial charge on any atom is 0.261 e. The summed E-state index contributed by atoms with van der Waals surface area (Å²) in [6.07, 6.45) is 0. The predicted octanol–water partition coefficient (Wildman–Crippen LogP) is 4.83. The van der Waals surface area contributed by atoms with E-state index in [-0.39, 0.29) is 31.1 Å². The second kappa shape index (κ2) is 15.9. The SMILES string of the molecule is COc1ccc(CN(C(=O)COc2ccc(S(=O)(=O)N3CCOCC3)cc2)C(C(=O)NCc2ccccc2Cl)c2ccccc2)cc1. The lowest BCUT2D eigenvalue weighted by Gasteiger charge is -2.31. The Morgan fingerprint density at radius 3 is 2.19 bits per heavy atom. The van der Waals surface area contributed by atoms with Crippen molar-refractivity contribution in [3.05, 3.63) is 125 Å². The minimum atomic E-state index is -3.68. The van der Waals surface area contributed by atoms with Crippen molar-refractivity contribution in [2.45, 2.75) is 24.0 Å². The molecule has 1 unspecified atom stereocenters. The Hall–Kier alpha value is -4.42. The molecule has 5 rings (SSSR count). The number of hydrogen-bond donors (Lipinski definition) is 1. The van der Waals surface area contributed by atoms with Crippen LogP contribution in [0.5, 0.6) is 11.5 Å². The molecule has 47 heavy (non-hydrogen) atoms. The fourth-order valence-electron chi connectivity index (χ4n) is 5.15. The van der Waals surface area contributed by atoms with Gasteiger partial charge in [0.2, 0.25) is 15.9 Å². The van der Waals surface area contributed by atoms with Gasteiger partial charge in [0.15, 0.2) is 6.61 Å². The van der Waals surface area contributed by atoms with Crippen LogP contribution in [0.15, 0.2) is 108 Å². The molecule has 0 saturated carbocycles. The molecule has 246 valence electrons. The lowest BCUT2D eigenvalue weighted by molar-refractivity contribution is -0.143. The molecule has 4 aromatic rings. The monoisotopic (exact) mass is 677 g/mol. The highest BCUT2D eigenvalue weighted by atomic mass is 35.5. The topological polar surface area (TPSA) is 114 Å². The number of amides is 2. The third kappa shape index (κ3) is 8.69. The van der Waals surface area contributed by atoms with Crippen molar-refractivity contribution in [3.63, 3.8) is 0 Å². The Bertz CT molecular complexity index is 1750. The van der Waals surface area contributed by atoms with Crippen LogP contribution >= 0.6 is 11.6 Å². The van der Waals surface area contributed by atoms with Gasteiger partial charge in [0.1, 0.15) is 17.5 Å². The van der Waals surface area contributed by atoms with Crippen LogP contribution < -0.4 is 14.8 Å². The molecule has 1 aliphatic rings. The molecule has 0 spiro atoms. The number of halogens is 1. The van der Waals surface area contributed by atoms with Gasteiger partial charge in [-0.1, -0.05) is 72.3 Å². The summed E-state index contributed by atoms with van der Waals surface area (Å²) in [5.74, 6) is 0.123. The van der Waals surface area contributed by atoms with Gasteiger partial charge in [0.25, 0.3) is 5.91 Å². The van der Waals surface area contributed by atoms with Crippen molar-refractivity contribution in [1.82, 2.24) is 14.5 Å². The average Bonchev–Trinajstić information content (AvgIpc) is 3.11. The first-order valence-electron chi connectivity index (χ1n) is 15.1. The van der Waals surface area contributed by atoms with E-state index in [0.717, 1.165) is 11.1 Å². The maximum absolute atomic E-state index is 14.0. The van der Waals surface area contributed by atoms with Crippen LogP contribution in [-0.2, 0) is 37.4 Å². The Balaban J connectivity index is 1.38. The highest BCUT2D eigenvalue weighted by Gasteiger charge is 2.32.